The van der Waals surface area contributed by atoms with Gasteiger partial charge in [-0.1, -0.05) is 6.07 Å². The van der Waals surface area contributed by atoms with Crippen LogP contribution >= 0.6 is 0 Å². The molecule has 0 aromatic heterocycles. The Labute approximate surface area is 104 Å². The Balaban J connectivity index is 0.00000225. The summed E-state index contributed by atoms with van der Waals surface area (Å²) in [5.41, 5.74) is -1.64. The molecule has 0 radical (unpaired) electrons. The molecule has 0 unspecified atom stereocenters. The summed E-state index contributed by atoms with van der Waals surface area (Å²) >= 11 is 0. The molecule has 0 spiro atoms. The third-order valence-electron chi connectivity index (χ3n) is 1.71. The van der Waals surface area contributed by atoms with E-state index in [4.69, 9.17) is 5.11 Å². The molecule has 0 saturated heterocycles. The summed E-state index contributed by atoms with van der Waals surface area (Å²) < 4.78 is 0. The number of hydrogen-bond donors (Lipinski definition) is 1. The van der Waals surface area contributed by atoms with Gasteiger partial charge in [-0.25, -0.2) is 4.79 Å². The molecule has 1 aromatic carbocycles. The van der Waals surface area contributed by atoms with Crippen molar-refractivity contribution < 1.29 is 50.8 Å². The fourth-order valence-corrected chi connectivity index (χ4v) is 1.03. The normalized spacial score (nSPS) is 9.00. The first-order valence-electron chi connectivity index (χ1n) is 3.73. The van der Waals surface area contributed by atoms with E-state index in [1.165, 1.54) is 0 Å². The zero-order chi connectivity index (χ0) is 11.6. The second-order valence-electron chi connectivity index (χ2n) is 2.64. The Bertz CT molecular complexity index is 453. The zero-order valence-electron chi connectivity index (χ0n) is 7.54. The molecule has 0 bridgehead atoms. The van der Waals surface area contributed by atoms with Crippen LogP contribution in [0.25, 0.3) is 0 Å². The second-order valence-corrected chi connectivity index (χ2v) is 2.64. The van der Waals surface area contributed by atoms with E-state index in [0.29, 0.717) is 6.07 Å². The SMILES string of the molecule is O=C([O-])c1ccc(C(=O)O)c(C(=O)[O-])c1.[Pt+2]. The van der Waals surface area contributed by atoms with E-state index in [2.05, 4.69) is 0 Å². The van der Waals surface area contributed by atoms with Crippen LogP contribution in [0.2, 0.25) is 0 Å². The van der Waals surface area contributed by atoms with Crippen LogP contribution in [0.4, 0.5) is 0 Å². The molecule has 0 saturated carbocycles. The first-order chi connectivity index (χ1) is 6.93. The second kappa shape index (κ2) is 5.42. The van der Waals surface area contributed by atoms with Gasteiger partial charge in [-0.2, -0.15) is 0 Å². The Hall–Kier alpha value is -1.68. The smallest absolute Gasteiger partial charge is 0.545 e. The van der Waals surface area contributed by atoms with Crippen LogP contribution in [0.5, 0.6) is 0 Å². The summed E-state index contributed by atoms with van der Waals surface area (Å²) in [5, 5.41) is 29.5. The van der Waals surface area contributed by atoms with Gasteiger partial charge in [0.2, 0.25) is 0 Å². The van der Waals surface area contributed by atoms with Crippen LogP contribution in [0, 0.1) is 0 Å². The Morgan fingerprint density at radius 3 is 1.94 bits per heavy atom. The minimum absolute atomic E-state index is 0. The van der Waals surface area contributed by atoms with Crippen LogP contribution in [0.3, 0.4) is 0 Å². The van der Waals surface area contributed by atoms with Crippen molar-refractivity contribution in [3.05, 3.63) is 34.9 Å². The summed E-state index contributed by atoms with van der Waals surface area (Å²) in [6.07, 6.45) is 0. The monoisotopic (exact) mass is 403 g/mol. The van der Waals surface area contributed by atoms with E-state index >= 15 is 0 Å². The van der Waals surface area contributed by atoms with Crippen LogP contribution in [0.15, 0.2) is 18.2 Å². The molecule has 0 aliphatic heterocycles. The van der Waals surface area contributed by atoms with Crippen molar-refractivity contribution in [1.29, 1.82) is 0 Å². The summed E-state index contributed by atoms with van der Waals surface area (Å²) in [4.78, 5) is 31.5. The Kier molecular flexibility index (Phi) is 4.85. The molecule has 0 fully saturated rings. The van der Waals surface area contributed by atoms with E-state index in [1.807, 2.05) is 0 Å². The van der Waals surface area contributed by atoms with Gasteiger partial charge in [-0.3, -0.25) is 0 Å². The maximum absolute atomic E-state index is 10.6. The molecule has 1 rings (SSSR count). The van der Waals surface area contributed by atoms with Gasteiger partial charge in [0.1, 0.15) is 0 Å². The Morgan fingerprint density at radius 1 is 1.00 bits per heavy atom. The van der Waals surface area contributed by atoms with E-state index in [1.54, 1.807) is 0 Å². The quantitative estimate of drug-likeness (QED) is 0.631. The number of carbonyl (C=O) groups excluding carboxylic acids is 2. The number of carboxylic acid groups (broad SMARTS) is 3. The van der Waals surface area contributed by atoms with Crippen molar-refractivity contribution in [1.82, 2.24) is 0 Å². The molecule has 16 heavy (non-hydrogen) atoms. The van der Waals surface area contributed by atoms with Crippen molar-refractivity contribution in [2.24, 2.45) is 0 Å². The molecule has 0 amide bonds. The van der Waals surface area contributed by atoms with Gasteiger partial charge >= 0.3 is 27.0 Å². The van der Waals surface area contributed by atoms with Gasteiger partial charge in [0, 0.05) is 5.56 Å². The standard InChI is InChI=1S/C9H6O6.Pt/c10-7(11)4-1-2-5(8(12)13)6(3-4)9(14)15;/h1-3H,(H,10,11)(H,12,13)(H,14,15);/q;+2/p-2. The number of hydrogen-bond acceptors (Lipinski definition) is 5. The fraction of sp³-hybridized carbons (Fsp3) is 0. The number of carboxylic acids is 3. The van der Waals surface area contributed by atoms with Crippen molar-refractivity contribution in [2.45, 2.75) is 0 Å². The molecule has 0 heterocycles. The van der Waals surface area contributed by atoms with Crippen LogP contribution in [-0.4, -0.2) is 23.0 Å². The third-order valence-corrected chi connectivity index (χ3v) is 1.71. The van der Waals surface area contributed by atoms with Crippen molar-refractivity contribution >= 4 is 17.9 Å². The summed E-state index contributed by atoms with van der Waals surface area (Å²) in [6, 6.07) is 2.51. The number of carbonyl (C=O) groups is 3. The van der Waals surface area contributed by atoms with E-state index in [9.17, 15) is 24.6 Å². The van der Waals surface area contributed by atoms with Crippen molar-refractivity contribution in [2.75, 3.05) is 0 Å². The zero-order valence-corrected chi connectivity index (χ0v) is 9.81. The minimum atomic E-state index is -1.75. The Morgan fingerprint density at radius 2 is 1.56 bits per heavy atom. The van der Waals surface area contributed by atoms with E-state index in [-0.39, 0.29) is 21.1 Å². The summed E-state index contributed by atoms with van der Waals surface area (Å²) in [7, 11) is 0. The number of benzene rings is 1. The molecule has 86 valence electrons. The predicted molar refractivity (Wildman–Crippen MR) is 42.1 cm³/mol. The fourth-order valence-electron chi connectivity index (χ4n) is 1.03. The average molecular weight is 403 g/mol. The molecule has 1 N–H and O–H groups in total. The van der Waals surface area contributed by atoms with Gasteiger partial charge in [-0.05, 0) is 17.7 Å². The van der Waals surface area contributed by atoms with E-state index in [0.717, 1.165) is 12.1 Å². The summed E-state index contributed by atoms with van der Waals surface area (Å²) in [6.45, 7) is 0. The van der Waals surface area contributed by atoms with E-state index < -0.39 is 34.6 Å². The molecule has 0 aliphatic rings. The first kappa shape index (κ1) is 14.3. The van der Waals surface area contributed by atoms with Crippen LogP contribution in [0.1, 0.15) is 31.1 Å². The van der Waals surface area contributed by atoms with Crippen LogP contribution in [-0.2, 0) is 21.1 Å². The maximum atomic E-state index is 10.6. The molecule has 1 aromatic rings. The van der Waals surface area contributed by atoms with Crippen molar-refractivity contribution in [3.8, 4) is 0 Å². The number of rotatable bonds is 3. The summed E-state index contributed by atoms with van der Waals surface area (Å²) in [5.74, 6) is -4.82. The van der Waals surface area contributed by atoms with Crippen LogP contribution < -0.4 is 10.2 Å². The van der Waals surface area contributed by atoms with Gasteiger partial charge in [0.25, 0.3) is 0 Å². The predicted octanol–water partition coefficient (Wildman–Crippen LogP) is -1.89. The largest absolute Gasteiger partial charge is 2.00 e. The number of aromatic carboxylic acids is 3. The molecule has 7 heteroatoms. The van der Waals surface area contributed by atoms with Gasteiger partial charge in [-0.15, -0.1) is 0 Å². The molecule has 6 nitrogen and oxygen atoms in total. The molecular formula is C9H4O6Pt. The topological polar surface area (TPSA) is 118 Å². The third kappa shape index (κ3) is 2.90. The molecule has 0 atom stereocenters. The average Bonchev–Trinajstić information content (AvgIpc) is 2.16. The first-order valence-corrected chi connectivity index (χ1v) is 3.73. The van der Waals surface area contributed by atoms with Gasteiger partial charge in [0.05, 0.1) is 17.5 Å². The molecule has 0 aliphatic carbocycles. The molecular weight excluding hydrogens is 399 g/mol. The van der Waals surface area contributed by atoms with Gasteiger partial charge in [0.15, 0.2) is 0 Å². The minimum Gasteiger partial charge on any atom is -0.545 e. The van der Waals surface area contributed by atoms with Crippen molar-refractivity contribution in [3.63, 3.8) is 0 Å². The maximum Gasteiger partial charge on any atom is 2.00 e. The van der Waals surface area contributed by atoms with Gasteiger partial charge < -0.3 is 24.9 Å².